The molecule has 0 spiro atoms. The van der Waals surface area contributed by atoms with Crippen LogP contribution in [0.5, 0.6) is 0 Å². The van der Waals surface area contributed by atoms with Crippen LogP contribution in [0.25, 0.3) is 0 Å². The minimum absolute atomic E-state index is 0.279. The number of benzene rings is 1. The molecule has 100 valence electrons. The van der Waals surface area contributed by atoms with Gasteiger partial charge in [-0.25, -0.2) is 15.8 Å². The Kier molecular flexibility index (Phi) is 4.30. The summed E-state index contributed by atoms with van der Waals surface area (Å²) in [6, 6.07) is 10.6. The van der Waals surface area contributed by atoms with E-state index in [-0.39, 0.29) is 6.04 Å². The molecule has 5 nitrogen and oxygen atoms in total. The lowest BCUT2D eigenvalue weighted by atomic mass is 10.1. The van der Waals surface area contributed by atoms with Crippen LogP contribution in [0.2, 0.25) is 0 Å². The Morgan fingerprint density at radius 3 is 2.53 bits per heavy atom. The number of hydrogen-bond acceptors (Lipinski definition) is 5. The Labute approximate surface area is 113 Å². The van der Waals surface area contributed by atoms with E-state index in [2.05, 4.69) is 51.9 Å². The van der Waals surface area contributed by atoms with Crippen molar-refractivity contribution in [3.63, 3.8) is 0 Å². The van der Waals surface area contributed by atoms with Gasteiger partial charge in [0.05, 0.1) is 0 Å². The number of hydrogen-bond donors (Lipinski definition) is 3. The monoisotopic (exact) mass is 257 g/mol. The third-order valence-corrected chi connectivity index (χ3v) is 2.99. The molecule has 4 N–H and O–H groups in total. The molecule has 0 radical (unpaired) electrons. The van der Waals surface area contributed by atoms with Gasteiger partial charge >= 0.3 is 0 Å². The molecule has 2 rings (SSSR count). The lowest BCUT2D eigenvalue weighted by Crippen LogP contribution is -2.20. The summed E-state index contributed by atoms with van der Waals surface area (Å²) >= 11 is 0. The van der Waals surface area contributed by atoms with Crippen LogP contribution < -0.4 is 16.6 Å². The number of nitrogen functional groups attached to an aromatic ring is 1. The fourth-order valence-electron chi connectivity index (χ4n) is 1.99. The Hall–Kier alpha value is -2.14. The summed E-state index contributed by atoms with van der Waals surface area (Å²) in [5.41, 5.74) is 4.79. The van der Waals surface area contributed by atoms with E-state index in [4.69, 9.17) is 5.84 Å². The van der Waals surface area contributed by atoms with E-state index in [0.29, 0.717) is 5.82 Å². The summed E-state index contributed by atoms with van der Waals surface area (Å²) < 4.78 is 0. The number of nitrogens with zero attached hydrogens (tertiary/aromatic N) is 2. The largest absolute Gasteiger partial charge is 0.367 e. The van der Waals surface area contributed by atoms with Gasteiger partial charge in [-0.15, -0.1) is 0 Å². The normalized spacial score (nSPS) is 11.9. The van der Waals surface area contributed by atoms with Crippen LogP contribution in [-0.4, -0.2) is 16.0 Å². The van der Waals surface area contributed by atoms with Crippen LogP contribution in [0.3, 0.4) is 0 Å². The Morgan fingerprint density at radius 1 is 1.16 bits per heavy atom. The van der Waals surface area contributed by atoms with E-state index in [0.717, 1.165) is 17.8 Å². The second kappa shape index (κ2) is 6.15. The summed E-state index contributed by atoms with van der Waals surface area (Å²) in [6.07, 6.45) is 2.44. The van der Waals surface area contributed by atoms with Gasteiger partial charge in [0.1, 0.15) is 18.0 Å². The molecule has 0 fully saturated rings. The average molecular weight is 257 g/mol. The van der Waals surface area contributed by atoms with Crippen molar-refractivity contribution in [1.29, 1.82) is 0 Å². The van der Waals surface area contributed by atoms with Gasteiger partial charge in [-0.2, -0.15) is 0 Å². The zero-order chi connectivity index (χ0) is 13.7. The molecular weight excluding hydrogens is 238 g/mol. The van der Waals surface area contributed by atoms with Gasteiger partial charge in [-0.1, -0.05) is 30.3 Å². The van der Waals surface area contributed by atoms with Gasteiger partial charge < -0.3 is 10.7 Å². The first-order chi connectivity index (χ1) is 9.20. The summed E-state index contributed by atoms with van der Waals surface area (Å²) in [5, 5.41) is 3.39. The highest BCUT2D eigenvalue weighted by Crippen LogP contribution is 2.18. The van der Waals surface area contributed by atoms with Crippen molar-refractivity contribution in [2.24, 2.45) is 5.84 Å². The molecule has 1 unspecified atom stereocenters. The van der Waals surface area contributed by atoms with Crippen LogP contribution >= 0.6 is 0 Å². The predicted molar refractivity (Wildman–Crippen MR) is 77.8 cm³/mol. The molecule has 1 atom stereocenters. The molecule has 19 heavy (non-hydrogen) atoms. The van der Waals surface area contributed by atoms with Crippen molar-refractivity contribution in [3.05, 3.63) is 47.8 Å². The number of hydrazine groups is 1. The maximum Gasteiger partial charge on any atom is 0.148 e. The number of nitrogens with two attached hydrogens (primary N) is 1. The Bertz CT molecular complexity index is 527. The fourth-order valence-corrected chi connectivity index (χ4v) is 1.99. The summed E-state index contributed by atoms with van der Waals surface area (Å²) in [7, 11) is 0. The summed E-state index contributed by atoms with van der Waals surface area (Å²) in [6.45, 7) is 4.07. The zero-order valence-electron chi connectivity index (χ0n) is 11.2. The third-order valence-electron chi connectivity index (χ3n) is 2.99. The molecule has 1 aromatic carbocycles. The molecular formula is C14H19N5. The summed E-state index contributed by atoms with van der Waals surface area (Å²) in [5.74, 6) is 6.86. The minimum Gasteiger partial charge on any atom is -0.367 e. The van der Waals surface area contributed by atoms with Crippen molar-refractivity contribution in [2.45, 2.75) is 26.3 Å². The van der Waals surface area contributed by atoms with E-state index in [1.54, 1.807) is 0 Å². The zero-order valence-corrected chi connectivity index (χ0v) is 11.2. The molecule has 0 saturated carbocycles. The van der Waals surface area contributed by atoms with Crippen LogP contribution in [0.15, 0.2) is 36.7 Å². The number of anilines is 2. The van der Waals surface area contributed by atoms with Gasteiger partial charge in [0.25, 0.3) is 0 Å². The maximum atomic E-state index is 5.41. The molecule has 0 amide bonds. The molecule has 0 aliphatic carbocycles. The van der Waals surface area contributed by atoms with Gasteiger partial charge in [0.15, 0.2) is 0 Å². The van der Waals surface area contributed by atoms with Crippen molar-refractivity contribution in [1.82, 2.24) is 9.97 Å². The van der Waals surface area contributed by atoms with Crippen LogP contribution in [-0.2, 0) is 6.42 Å². The number of nitrogens with one attached hydrogen (secondary N) is 2. The first-order valence-electron chi connectivity index (χ1n) is 6.29. The minimum atomic E-state index is 0.279. The second-order valence-corrected chi connectivity index (χ2v) is 4.58. The van der Waals surface area contributed by atoms with Gasteiger partial charge in [0, 0.05) is 11.6 Å². The Morgan fingerprint density at radius 2 is 1.84 bits per heavy atom. The Balaban J connectivity index is 2.05. The van der Waals surface area contributed by atoms with Crippen molar-refractivity contribution < 1.29 is 0 Å². The first kappa shape index (κ1) is 13.3. The highest BCUT2D eigenvalue weighted by Gasteiger charge is 2.09. The van der Waals surface area contributed by atoms with Crippen molar-refractivity contribution >= 4 is 11.6 Å². The lowest BCUT2D eigenvalue weighted by molar-refractivity contribution is 0.782. The van der Waals surface area contributed by atoms with E-state index in [1.165, 1.54) is 11.9 Å². The van der Waals surface area contributed by atoms with Crippen molar-refractivity contribution in [3.8, 4) is 0 Å². The second-order valence-electron chi connectivity index (χ2n) is 4.58. The van der Waals surface area contributed by atoms with E-state index in [1.807, 2.05) is 13.0 Å². The molecule has 0 bridgehead atoms. The molecule has 0 aliphatic heterocycles. The van der Waals surface area contributed by atoms with E-state index < -0.39 is 0 Å². The van der Waals surface area contributed by atoms with Crippen LogP contribution in [0.4, 0.5) is 11.6 Å². The molecule has 1 aromatic heterocycles. The summed E-state index contributed by atoms with van der Waals surface area (Å²) in [4.78, 5) is 8.31. The quantitative estimate of drug-likeness (QED) is 0.565. The van der Waals surface area contributed by atoms with E-state index >= 15 is 0 Å². The molecule has 2 aromatic rings. The molecule has 5 heteroatoms. The van der Waals surface area contributed by atoms with Crippen LogP contribution in [0.1, 0.15) is 18.1 Å². The highest BCUT2D eigenvalue weighted by molar-refractivity contribution is 5.56. The lowest BCUT2D eigenvalue weighted by Gasteiger charge is -2.17. The highest BCUT2D eigenvalue weighted by atomic mass is 15.3. The maximum absolute atomic E-state index is 5.41. The molecule has 0 aliphatic rings. The average Bonchev–Trinajstić information content (AvgIpc) is 2.42. The predicted octanol–water partition coefficient (Wildman–Crippen LogP) is 2.11. The standard InChI is InChI=1S/C14H19N5/c1-10(8-12-6-4-3-5-7-12)18-13-11(2)14(19-15)17-9-16-13/h3-7,9-10H,8,15H2,1-2H3,(H2,16,17,18,19). The van der Waals surface area contributed by atoms with E-state index in [9.17, 15) is 0 Å². The molecule has 1 heterocycles. The van der Waals surface area contributed by atoms with Gasteiger partial charge in [-0.3, -0.25) is 0 Å². The topological polar surface area (TPSA) is 75.9 Å². The first-order valence-corrected chi connectivity index (χ1v) is 6.29. The number of rotatable bonds is 5. The fraction of sp³-hybridized carbons (Fsp3) is 0.286. The van der Waals surface area contributed by atoms with Gasteiger partial charge in [0.2, 0.25) is 0 Å². The van der Waals surface area contributed by atoms with Gasteiger partial charge in [-0.05, 0) is 25.8 Å². The molecule has 0 saturated heterocycles. The van der Waals surface area contributed by atoms with Crippen molar-refractivity contribution in [2.75, 3.05) is 10.7 Å². The number of aromatic nitrogens is 2. The van der Waals surface area contributed by atoms with Crippen LogP contribution in [0, 0.1) is 6.92 Å². The SMILES string of the molecule is Cc1c(NN)ncnc1NC(C)Cc1ccccc1. The smallest absolute Gasteiger partial charge is 0.148 e. The third kappa shape index (κ3) is 3.42.